The minimum Gasteiger partial charge on any atom is -0.352 e. The molecule has 2 amide bonds. The number of carbonyl (C=O) groups excluding carboxylic acids is 2. The molecule has 2 rings (SSSR count). The Labute approximate surface area is 130 Å². The van der Waals surface area contributed by atoms with Crippen molar-refractivity contribution in [3.8, 4) is 0 Å². The maximum Gasteiger partial charge on any atom is 0.229 e. The van der Waals surface area contributed by atoms with Gasteiger partial charge in [0.2, 0.25) is 11.8 Å². The van der Waals surface area contributed by atoms with Gasteiger partial charge in [-0.3, -0.25) is 9.59 Å². The van der Waals surface area contributed by atoms with Crippen LogP contribution in [0, 0.1) is 11.8 Å². The lowest BCUT2D eigenvalue weighted by Crippen LogP contribution is -2.52. The summed E-state index contributed by atoms with van der Waals surface area (Å²) in [5.41, 5.74) is 0.687. The van der Waals surface area contributed by atoms with Crippen molar-refractivity contribution in [2.24, 2.45) is 11.8 Å². The summed E-state index contributed by atoms with van der Waals surface area (Å²) in [6, 6.07) is 6.99. The minimum absolute atomic E-state index is 0.0344. The number of rotatable bonds is 4. The van der Waals surface area contributed by atoms with E-state index in [1.807, 2.05) is 6.07 Å². The Kier molecular flexibility index (Phi) is 5.23. The van der Waals surface area contributed by atoms with Gasteiger partial charge in [-0.2, -0.15) is 0 Å². The second-order valence-corrected chi connectivity index (χ2v) is 6.06. The number of hydrogen-bond donors (Lipinski definition) is 2. The quantitative estimate of drug-likeness (QED) is 0.897. The molecule has 5 heteroatoms. The highest BCUT2D eigenvalue weighted by molar-refractivity contribution is 6.30. The van der Waals surface area contributed by atoms with Crippen LogP contribution in [0.2, 0.25) is 5.02 Å². The fourth-order valence-corrected chi connectivity index (χ4v) is 2.90. The molecule has 0 bridgehead atoms. The topological polar surface area (TPSA) is 58.2 Å². The highest BCUT2D eigenvalue weighted by atomic mass is 35.5. The Morgan fingerprint density at radius 2 is 2.29 bits per heavy atom. The van der Waals surface area contributed by atoms with Gasteiger partial charge in [0, 0.05) is 23.2 Å². The molecule has 1 saturated heterocycles. The molecule has 1 aromatic rings. The van der Waals surface area contributed by atoms with Crippen molar-refractivity contribution in [1.82, 2.24) is 5.32 Å². The predicted octanol–water partition coefficient (Wildman–Crippen LogP) is 3.22. The Hall–Kier alpha value is -1.55. The number of anilines is 1. The van der Waals surface area contributed by atoms with E-state index in [-0.39, 0.29) is 29.7 Å². The molecule has 0 saturated carbocycles. The van der Waals surface area contributed by atoms with E-state index in [1.54, 1.807) is 18.2 Å². The van der Waals surface area contributed by atoms with Crippen molar-refractivity contribution >= 4 is 29.1 Å². The molecule has 0 spiro atoms. The smallest absolute Gasteiger partial charge is 0.229 e. The van der Waals surface area contributed by atoms with Crippen molar-refractivity contribution in [1.29, 1.82) is 0 Å². The first-order valence-electron chi connectivity index (χ1n) is 7.37. The van der Waals surface area contributed by atoms with E-state index >= 15 is 0 Å². The molecule has 114 valence electrons. The highest BCUT2D eigenvalue weighted by Crippen LogP contribution is 2.26. The minimum atomic E-state index is -0.198. The third kappa shape index (κ3) is 3.97. The SMILES string of the molecule is CCC(C)C1NC(=O)CCC1C(=O)Nc1cccc(Cl)c1. The van der Waals surface area contributed by atoms with Crippen molar-refractivity contribution < 1.29 is 9.59 Å². The number of benzene rings is 1. The van der Waals surface area contributed by atoms with Crippen LogP contribution < -0.4 is 10.6 Å². The fourth-order valence-electron chi connectivity index (χ4n) is 2.71. The molecular weight excluding hydrogens is 288 g/mol. The fraction of sp³-hybridized carbons (Fsp3) is 0.500. The van der Waals surface area contributed by atoms with E-state index in [1.165, 1.54) is 0 Å². The van der Waals surface area contributed by atoms with Crippen molar-refractivity contribution in [3.05, 3.63) is 29.3 Å². The van der Waals surface area contributed by atoms with Gasteiger partial charge in [-0.25, -0.2) is 0 Å². The van der Waals surface area contributed by atoms with Crippen LogP contribution >= 0.6 is 11.6 Å². The van der Waals surface area contributed by atoms with Gasteiger partial charge in [-0.05, 0) is 30.5 Å². The third-order valence-corrected chi connectivity index (χ3v) is 4.36. The zero-order chi connectivity index (χ0) is 15.4. The summed E-state index contributed by atoms with van der Waals surface area (Å²) >= 11 is 5.93. The summed E-state index contributed by atoms with van der Waals surface area (Å²) in [4.78, 5) is 24.1. The van der Waals surface area contributed by atoms with Crippen LogP contribution in [-0.4, -0.2) is 17.9 Å². The van der Waals surface area contributed by atoms with Crippen LogP contribution in [-0.2, 0) is 9.59 Å². The molecule has 4 nitrogen and oxygen atoms in total. The average Bonchev–Trinajstić information content (AvgIpc) is 2.46. The molecule has 1 aromatic carbocycles. The van der Waals surface area contributed by atoms with Crippen molar-refractivity contribution in [3.63, 3.8) is 0 Å². The number of carbonyl (C=O) groups is 2. The van der Waals surface area contributed by atoms with Crippen LogP contribution in [0.3, 0.4) is 0 Å². The van der Waals surface area contributed by atoms with Crippen LogP contribution in [0.4, 0.5) is 5.69 Å². The molecule has 0 aromatic heterocycles. The average molecular weight is 309 g/mol. The lowest BCUT2D eigenvalue weighted by molar-refractivity contribution is -0.129. The molecule has 1 heterocycles. The molecule has 21 heavy (non-hydrogen) atoms. The Balaban J connectivity index is 2.10. The van der Waals surface area contributed by atoms with Crippen LogP contribution in [0.1, 0.15) is 33.1 Å². The maximum absolute atomic E-state index is 12.5. The van der Waals surface area contributed by atoms with Gasteiger partial charge >= 0.3 is 0 Å². The standard InChI is InChI=1S/C16H21ClN2O2/c1-3-10(2)15-13(7-8-14(20)19-15)16(21)18-12-6-4-5-11(17)9-12/h4-6,9-10,13,15H,3,7-8H2,1-2H3,(H,18,21)(H,19,20). The molecular formula is C16H21ClN2O2. The zero-order valence-corrected chi connectivity index (χ0v) is 13.1. The Bertz CT molecular complexity index is 533. The van der Waals surface area contributed by atoms with Gasteiger partial charge in [-0.1, -0.05) is 37.9 Å². The summed E-state index contributed by atoms with van der Waals surface area (Å²) in [5.74, 6) is 0.0515. The van der Waals surface area contributed by atoms with E-state index in [2.05, 4.69) is 24.5 Å². The molecule has 1 aliphatic rings. The Morgan fingerprint density at radius 1 is 1.52 bits per heavy atom. The van der Waals surface area contributed by atoms with Gasteiger partial charge in [0.15, 0.2) is 0 Å². The first-order valence-corrected chi connectivity index (χ1v) is 7.75. The van der Waals surface area contributed by atoms with Gasteiger partial charge in [0.1, 0.15) is 0 Å². The van der Waals surface area contributed by atoms with Gasteiger partial charge in [0.25, 0.3) is 0 Å². The third-order valence-electron chi connectivity index (χ3n) is 4.13. The maximum atomic E-state index is 12.5. The monoisotopic (exact) mass is 308 g/mol. The van der Waals surface area contributed by atoms with Gasteiger partial charge in [-0.15, -0.1) is 0 Å². The highest BCUT2D eigenvalue weighted by Gasteiger charge is 2.36. The molecule has 3 atom stereocenters. The van der Waals surface area contributed by atoms with Crippen LogP contribution in [0.15, 0.2) is 24.3 Å². The van der Waals surface area contributed by atoms with E-state index in [9.17, 15) is 9.59 Å². The van der Waals surface area contributed by atoms with E-state index < -0.39 is 0 Å². The number of halogens is 1. The summed E-state index contributed by atoms with van der Waals surface area (Å²) in [6.45, 7) is 4.13. The summed E-state index contributed by atoms with van der Waals surface area (Å²) < 4.78 is 0. The molecule has 0 aliphatic carbocycles. The largest absolute Gasteiger partial charge is 0.352 e. The predicted molar refractivity (Wildman–Crippen MR) is 84.2 cm³/mol. The number of amides is 2. The second-order valence-electron chi connectivity index (χ2n) is 5.62. The van der Waals surface area contributed by atoms with Crippen LogP contribution in [0.25, 0.3) is 0 Å². The van der Waals surface area contributed by atoms with E-state index in [0.717, 1.165) is 6.42 Å². The number of piperidine rings is 1. The van der Waals surface area contributed by atoms with Gasteiger partial charge < -0.3 is 10.6 Å². The van der Waals surface area contributed by atoms with E-state index in [4.69, 9.17) is 11.6 Å². The number of hydrogen-bond acceptors (Lipinski definition) is 2. The van der Waals surface area contributed by atoms with Crippen molar-refractivity contribution in [2.75, 3.05) is 5.32 Å². The summed E-state index contributed by atoms with van der Waals surface area (Å²) in [7, 11) is 0. The molecule has 1 aliphatic heterocycles. The molecule has 1 fully saturated rings. The molecule has 3 unspecified atom stereocenters. The summed E-state index contributed by atoms with van der Waals surface area (Å²) in [6.07, 6.45) is 1.92. The van der Waals surface area contributed by atoms with Gasteiger partial charge in [0.05, 0.1) is 5.92 Å². The van der Waals surface area contributed by atoms with Crippen LogP contribution in [0.5, 0.6) is 0 Å². The first kappa shape index (κ1) is 15.8. The second kappa shape index (κ2) is 6.94. The van der Waals surface area contributed by atoms with Crippen molar-refractivity contribution in [2.45, 2.75) is 39.2 Å². The molecule has 2 N–H and O–H groups in total. The normalized spacial score (nSPS) is 23.3. The number of nitrogens with one attached hydrogen (secondary N) is 2. The Morgan fingerprint density at radius 3 is 2.95 bits per heavy atom. The zero-order valence-electron chi connectivity index (χ0n) is 12.4. The lowest BCUT2D eigenvalue weighted by Gasteiger charge is -2.35. The molecule has 0 radical (unpaired) electrons. The lowest BCUT2D eigenvalue weighted by atomic mass is 9.81. The first-order chi connectivity index (χ1) is 10.0. The van der Waals surface area contributed by atoms with E-state index in [0.29, 0.717) is 23.6 Å². The summed E-state index contributed by atoms with van der Waals surface area (Å²) in [5, 5.41) is 6.46.